The second-order valence-corrected chi connectivity index (χ2v) is 5.57. The van der Waals surface area contributed by atoms with E-state index in [1.54, 1.807) is 0 Å². The lowest BCUT2D eigenvalue weighted by molar-refractivity contribution is -0.141. The smallest absolute Gasteiger partial charge is 0.368 e. The topological polar surface area (TPSA) is 63.8 Å². The molecule has 2 rings (SSSR count). The molecular formula is C12H17F3N4. The Morgan fingerprint density at radius 2 is 2.05 bits per heavy atom. The summed E-state index contributed by atoms with van der Waals surface area (Å²) in [5.41, 5.74) is 4.36. The van der Waals surface area contributed by atoms with Crippen LogP contribution >= 0.6 is 0 Å². The summed E-state index contributed by atoms with van der Waals surface area (Å²) in [6, 6.07) is 1.01. The molecule has 106 valence electrons. The highest BCUT2D eigenvalue weighted by atomic mass is 19.4. The molecule has 1 aromatic heterocycles. The lowest BCUT2D eigenvalue weighted by atomic mass is 9.87. The van der Waals surface area contributed by atoms with E-state index in [0.29, 0.717) is 0 Å². The maximum absolute atomic E-state index is 12.6. The molecule has 1 fully saturated rings. The zero-order valence-electron chi connectivity index (χ0n) is 10.9. The van der Waals surface area contributed by atoms with Gasteiger partial charge in [0.15, 0.2) is 5.69 Å². The van der Waals surface area contributed by atoms with Gasteiger partial charge in [0.25, 0.3) is 0 Å². The normalized spacial score (nSPS) is 22.5. The number of hydrogen-bond acceptors (Lipinski definition) is 4. The van der Waals surface area contributed by atoms with E-state index in [2.05, 4.69) is 29.1 Å². The van der Waals surface area contributed by atoms with Crippen molar-refractivity contribution in [1.29, 1.82) is 0 Å². The Kier molecular flexibility index (Phi) is 3.32. The average Bonchev–Trinajstić information content (AvgIpc) is 2.56. The van der Waals surface area contributed by atoms with Gasteiger partial charge in [-0.1, -0.05) is 20.3 Å². The van der Waals surface area contributed by atoms with E-state index in [1.807, 2.05) is 0 Å². The Bertz CT molecular complexity index is 471. The molecule has 1 heterocycles. The van der Waals surface area contributed by atoms with Crippen molar-refractivity contribution < 1.29 is 13.2 Å². The molecule has 4 nitrogen and oxygen atoms in total. The highest BCUT2D eigenvalue weighted by molar-refractivity contribution is 5.42. The van der Waals surface area contributed by atoms with Crippen LogP contribution in [0.5, 0.6) is 0 Å². The zero-order chi connectivity index (χ0) is 14.3. The molecule has 0 aliphatic heterocycles. The Labute approximate surface area is 109 Å². The summed E-state index contributed by atoms with van der Waals surface area (Å²) in [5.74, 6) is -0.229. The minimum Gasteiger partial charge on any atom is -0.368 e. The molecule has 0 aromatic carbocycles. The number of hydrogen-bond donors (Lipinski definition) is 2. The van der Waals surface area contributed by atoms with Crippen molar-refractivity contribution in [3.63, 3.8) is 0 Å². The van der Waals surface area contributed by atoms with Crippen LogP contribution in [0.25, 0.3) is 0 Å². The molecular weight excluding hydrogens is 257 g/mol. The summed E-state index contributed by atoms with van der Waals surface area (Å²) in [7, 11) is 0. The highest BCUT2D eigenvalue weighted by Crippen LogP contribution is 2.39. The van der Waals surface area contributed by atoms with Crippen LogP contribution in [-0.4, -0.2) is 16.0 Å². The van der Waals surface area contributed by atoms with Crippen molar-refractivity contribution in [3.8, 4) is 0 Å². The molecule has 19 heavy (non-hydrogen) atoms. The maximum Gasteiger partial charge on any atom is 0.433 e. The zero-order valence-corrected chi connectivity index (χ0v) is 10.9. The maximum atomic E-state index is 12.6. The van der Waals surface area contributed by atoms with Crippen LogP contribution < -0.4 is 11.1 Å². The minimum absolute atomic E-state index is 0.0398. The lowest BCUT2D eigenvalue weighted by Crippen LogP contribution is -2.31. The SMILES string of the molecule is CC1(C)CCCC1Nc1cc(C(F)(F)F)nc(N)n1. The predicted octanol–water partition coefficient (Wildman–Crippen LogP) is 3.07. The number of aromatic nitrogens is 2. The quantitative estimate of drug-likeness (QED) is 0.870. The molecule has 0 amide bonds. The molecule has 3 N–H and O–H groups in total. The van der Waals surface area contributed by atoms with E-state index in [9.17, 15) is 13.2 Å². The Hall–Kier alpha value is -1.53. The fourth-order valence-electron chi connectivity index (χ4n) is 2.46. The minimum atomic E-state index is -4.52. The number of nitrogens with zero attached hydrogens (tertiary/aromatic N) is 2. The largest absolute Gasteiger partial charge is 0.433 e. The predicted molar refractivity (Wildman–Crippen MR) is 66.5 cm³/mol. The fraction of sp³-hybridized carbons (Fsp3) is 0.667. The van der Waals surface area contributed by atoms with Gasteiger partial charge in [0.2, 0.25) is 5.95 Å². The van der Waals surface area contributed by atoms with Gasteiger partial charge in [0.1, 0.15) is 5.82 Å². The van der Waals surface area contributed by atoms with E-state index in [4.69, 9.17) is 5.73 Å². The number of alkyl halides is 3. The third-order valence-corrected chi connectivity index (χ3v) is 3.61. The van der Waals surface area contributed by atoms with Crippen LogP contribution in [0.1, 0.15) is 38.8 Å². The Morgan fingerprint density at radius 3 is 2.58 bits per heavy atom. The third-order valence-electron chi connectivity index (χ3n) is 3.61. The number of rotatable bonds is 2. The van der Waals surface area contributed by atoms with E-state index >= 15 is 0 Å². The van der Waals surface area contributed by atoms with Crippen LogP contribution in [0.15, 0.2) is 6.07 Å². The van der Waals surface area contributed by atoms with Gasteiger partial charge in [0, 0.05) is 12.1 Å². The monoisotopic (exact) mass is 274 g/mol. The number of halogens is 3. The second-order valence-electron chi connectivity index (χ2n) is 5.57. The number of nitrogen functional groups attached to an aromatic ring is 1. The highest BCUT2D eigenvalue weighted by Gasteiger charge is 2.36. The first-order chi connectivity index (χ1) is 8.68. The van der Waals surface area contributed by atoms with Gasteiger partial charge in [-0.3, -0.25) is 0 Å². The van der Waals surface area contributed by atoms with E-state index in [-0.39, 0.29) is 23.2 Å². The molecule has 1 unspecified atom stereocenters. The third kappa shape index (κ3) is 3.08. The van der Waals surface area contributed by atoms with Gasteiger partial charge in [0.05, 0.1) is 0 Å². The van der Waals surface area contributed by atoms with Gasteiger partial charge in [-0.25, -0.2) is 4.98 Å². The molecule has 1 aromatic rings. The van der Waals surface area contributed by atoms with Crippen molar-refractivity contribution >= 4 is 11.8 Å². The van der Waals surface area contributed by atoms with Crippen molar-refractivity contribution in [2.75, 3.05) is 11.1 Å². The molecule has 7 heteroatoms. The Morgan fingerprint density at radius 1 is 1.37 bits per heavy atom. The first-order valence-corrected chi connectivity index (χ1v) is 6.17. The van der Waals surface area contributed by atoms with Crippen LogP contribution in [0.3, 0.4) is 0 Å². The number of nitrogens with two attached hydrogens (primary N) is 1. The van der Waals surface area contributed by atoms with E-state index < -0.39 is 11.9 Å². The van der Waals surface area contributed by atoms with Gasteiger partial charge in [-0.2, -0.15) is 18.2 Å². The molecule has 0 saturated heterocycles. The van der Waals surface area contributed by atoms with Crippen molar-refractivity contribution in [3.05, 3.63) is 11.8 Å². The van der Waals surface area contributed by atoms with Crippen LogP contribution in [0.2, 0.25) is 0 Å². The number of anilines is 2. The van der Waals surface area contributed by atoms with Crippen LogP contribution in [0, 0.1) is 5.41 Å². The molecule has 1 atom stereocenters. The summed E-state index contributed by atoms with van der Waals surface area (Å²) < 4.78 is 37.9. The average molecular weight is 274 g/mol. The lowest BCUT2D eigenvalue weighted by Gasteiger charge is -2.28. The van der Waals surface area contributed by atoms with Crippen molar-refractivity contribution in [2.24, 2.45) is 5.41 Å². The molecule has 0 radical (unpaired) electrons. The number of nitrogens with one attached hydrogen (secondary N) is 1. The molecule has 0 spiro atoms. The van der Waals surface area contributed by atoms with Crippen LogP contribution in [-0.2, 0) is 6.18 Å². The van der Waals surface area contributed by atoms with Crippen molar-refractivity contribution in [2.45, 2.75) is 45.3 Å². The fourth-order valence-corrected chi connectivity index (χ4v) is 2.46. The van der Waals surface area contributed by atoms with Gasteiger partial charge >= 0.3 is 6.18 Å². The molecule has 1 aliphatic carbocycles. The first kappa shape index (κ1) is 13.9. The summed E-state index contributed by atoms with van der Waals surface area (Å²) in [5, 5.41) is 3.05. The first-order valence-electron chi connectivity index (χ1n) is 6.17. The molecule has 0 bridgehead atoms. The van der Waals surface area contributed by atoms with E-state index in [0.717, 1.165) is 25.3 Å². The van der Waals surface area contributed by atoms with Gasteiger partial charge in [-0.05, 0) is 18.3 Å². The van der Waals surface area contributed by atoms with Gasteiger partial charge in [-0.15, -0.1) is 0 Å². The molecule has 1 saturated carbocycles. The second kappa shape index (κ2) is 4.54. The standard InChI is InChI=1S/C12H17F3N4/c1-11(2)5-3-4-7(11)17-9-6-8(12(13,14)15)18-10(16)19-9/h6-7H,3-5H2,1-2H3,(H3,16,17,18,19). The van der Waals surface area contributed by atoms with Gasteiger partial charge < -0.3 is 11.1 Å². The summed E-state index contributed by atoms with van der Waals surface area (Å²) in [6.07, 6.45) is -1.51. The summed E-state index contributed by atoms with van der Waals surface area (Å²) in [6.45, 7) is 4.18. The summed E-state index contributed by atoms with van der Waals surface area (Å²) in [4.78, 5) is 7.05. The molecule has 1 aliphatic rings. The van der Waals surface area contributed by atoms with E-state index in [1.165, 1.54) is 0 Å². The Balaban J connectivity index is 2.24. The van der Waals surface area contributed by atoms with Crippen molar-refractivity contribution in [1.82, 2.24) is 9.97 Å². The summed E-state index contributed by atoms with van der Waals surface area (Å²) >= 11 is 0. The van der Waals surface area contributed by atoms with Crippen LogP contribution in [0.4, 0.5) is 24.9 Å².